The van der Waals surface area contributed by atoms with Crippen molar-refractivity contribution in [3.63, 3.8) is 0 Å². The minimum absolute atomic E-state index is 1.08. The molecule has 30 heavy (non-hydrogen) atoms. The van der Waals surface area contributed by atoms with Crippen molar-refractivity contribution in [3.05, 3.63) is 96.4 Å². The molecule has 0 aliphatic carbocycles. The highest BCUT2D eigenvalue weighted by Gasteiger charge is 2.27. The van der Waals surface area contributed by atoms with E-state index in [0.29, 0.717) is 0 Å². The summed E-state index contributed by atoms with van der Waals surface area (Å²) in [6.45, 7) is 3.33. The van der Waals surface area contributed by atoms with E-state index in [1.165, 1.54) is 58.7 Å². The highest BCUT2D eigenvalue weighted by molar-refractivity contribution is 5.69. The van der Waals surface area contributed by atoms with Crippen molar-refractivity contribution in [2.45, 2.75) is 45.6 Å². The fourth-order valence-electron chi connectivity index (χ4n) is 4.57. The lowest BCUT2D eigenvalue weighted by molar-refractivity contribution is -0.702. The van der Waals surface area contributed by atoms with E-state index in [0.717, 1.165) is 19.4 Å². The van der Waals surface area contributed by atoms with Crippen molar-refractivity contribution in [2.75, 3.05) is 0 Å². The van der Waals surface area contributed by atoms with E-state index in [9.17, 15) is 0 Å². The normalized spacial score (nSPS) is 13.6. The molecule has 0 fully saturated rings. The molecule has 0 amide bonds. The monoisotopic (exact) mass is 393 g/mol. The lowest BCUT2D eigenvalue weighted by atomic mass is 10.0. The number of aryl methyl sites for hydroxylation is 2. The summed E-state index contributed by atoms with van der Waals surface area (Å²) in [5, 5.41) is 0. The zero-order valence-corrected chi connectivity index (χ0v) is 17.7. The van der Waals surface area contributed by atoms with Gasteiger partial charge in [-0.1, -0.05) is 61.5 Å². The maximum atomic E-state index is 2.49. The van der Waals surface area contributed by atoms with E-state index < -0.39 is 0 Å². The van der Waals surface area contributed by atoms with Crippen molar-refractivity contribution in [2.24, 2.45) is 0 Å². The Kier molecular flexibility index (Phi) is 5.23. The van der Waals surface area contributed by atoms with Gasteiger partial charge in [-0.3, -0.25) is 0 Å². The van der Waals surface area contributed by atoms with E-state index >= 15 is 0 Å². The first-order valence-electron chi connectivity index (χ1n) is 11.2. The maximum Gasteiger partial charge on any atom is 0.262 e. The van der Waals surface area contributed by atoms with E-state index in [1.807, 2.05) is 0 Å². The second kappa shape index (κ2) is 8.31. The van der Waals surface area contributed by atoms with Gasteiger partial charge in [0, 0.05) is 12.0 Å². The summed E-state index contributed by atoms with van der Waals surface area (Å²) in [5.41, 5.74) is 7.74. The molecular formula is C28H29N2+. The standard InChI is InChI=1S/C28H29N2/c1-2-22-12-18-26(19-13-22)30-27(21-29-20-8-4-7-11-28(29)30)25-16-14-24(15-17-25)23-9-5-3-6-10-23/h3,5-6,9-10,12-19,21H,2,4,7-8,11,20H2,1H3/q+1. The quantitative estimate of drug-likeness (QED) is 0.355. The molecule has 0 spiro atoms. The Bertz CT molecular complexity index is 1120. The number of imidazole rings is 1. The molecule has 2 nitrogen and oxygen atoms in total. The van der Waals surface area contributed by atoms with Gasteiger partial charge in [0.2, 0.25) is 0 Å². The van der Waals surface area contributed by atoms with Gasteiger partial charge in [0.1, 0.15) is 11.9 Å². The van der Waals surface area contributed by atoms with Crippen LogP contribution in [-0.4, -0.2) is 4.57 Å². The fourth-order valence-corrected chi connectivity index (χ4v) is 4.57. The van der Waals surface area contributed by atoms with Crippen LogP contribution in [0.5, 0.6) is 0 Å². The van der Waals surface area contributed by atoms with Crippen molar-refractivity contribution >= 4 is 0 Å². The fraction of sp³-hybridized carbons (Fsp3) is 0.250. The predicted molar refractivity (Wildman–Crippen MR) is 124 cm³/mol. The molecular weight excluding hydrogens is 364 g/mol. The van der Waals surface area contributed by atoms with Crippen molar-refractivity contribution in [3.8, 4) is 28.1 Å². The molecule has 0 atom stereocenters. The molecule has 0 saturated carbocycles. The molecule has 3 aromatic carbocycles. The van der Waals surface area contributed by atoms with Crippen LogP contribution in [0.4, 0.5) is 0 Å². The lowest BCUT2D eigenvalue weighted by Gasteiger charge is -2.07. The van der Waals surface area contributed by atoms with Gasteiger partial charge >= 0.3 is 0 Å². The number of aromatic nitrogens is 2. The summed E-state index contributed by atoms with van der Waals surface area (Å²) in [7, 11) is 0. The molecule has 0 bridgehead atoms. The van der Waals surface area contributed by atoms with Gasteiger partial charge in [-0.2, -0.15) is 4.57 Å². The number of hydrogen-bond donors (Lipinski definition) is 0. The van der Waals surface area contributed by atoms with Crippen LogP contribution < -0.4 is 4.57 Å². The van der Waals surface area contributed by atoms with Crippen LogP contribution in [0, 0.1) is 0 Å². The summed E-state index contributed by atoms with van der Waals surface area (Å²) in [5.74, 6) is 1.43. The molecule has 2 heterocycles. The smallest absolute Gasteiger partial charge is 0.233 e. The minimum atomic E-state index is 1.08. The molecule has 150 valence electrons. The predicted octanol–water partition coefficient (Wildman–Crippen LogP) is 6.39. The van der Waals surface area contributed by atoms with Gasteiger partial charge in [-0.15, -0.1) is 0 Å². The summed E-state index contributed by atoms with van der Waals surface area (Å²) in [4.78, 5) is 0. The van der Waals surface area contributed by atoms with E-state index in [4.69, 9.17) is 0 Å². The zero-order chi connectivity index (χ0) is 20.3. The lowest BCUT2D eigenvalue weighted by Crippen LogP contribution is -2.35. The van der Waals surface area contributed by atoms with Crippen LogP contribution >= 0.6 is 0 Å². The van der Waals surface area contributed by atoms with Gasteiger partial charge in [-0.05, 0) is 66.6 Å². The molecule has 2 heteroatoms. The molecule has 1 aromatic heterocycles. The maximum absolute atomic E-state index is 2.49. The first kappa shape index (κ1) is 18.9. The SMILES string of the molecule is CCc1ccc(-n2c(-c3ccc(-c4ccccc4)cc3)c[n+]3c2CCCCC3)cc1. The van der Waals surface area contributed by atoms with Gasteiger partial charge < -0.3 is 0 Å². The summed E-state index contributed by atoms with van der Waals surface area (Å²) in [6, 6.07) is 28.8. The average molecular weight is 394 g/mol. The Hall–Kier alpha value is -3.13. The molecule has 1 aliphatic heterocycles. The highest BCUT2D eigenvalue weighted by Crippen LogP contribution is 2.29. The van der Waals surface area contributed by atoms with Crippen LogP contribution in [0.2, 0.25) is 0 Å². The Morgan fingerprint density at radius 3 is 2.17 bits per heavy atom. The largest absolute Gasteiger partial charge is 0.262 e. The molecule has 0 saturated heterocycles. The van der Waals surface area contributed by atoms with Crippen molar-refractivity contribution in [1.29, 1.82) is 0 Å². The molecule has 4 aromatic rings. The van der Waals surface area contributed by atoms with E-state index in [-0.39, 0.29) is 0 Å². The third kappa shape index (κ3) is 3.59. The van der Waals surface area contributed by atoms with Gasteiger partial charge in [-0.25, -0.2) is 4.57 Å². The summed E-state index contributed by atoms with van der Waals surface area (Å²) in [6.07, 6.45) is 8.43. The van der Waals surface area contributed by atoms with Crippen molar-refractivity contribution in [1.82, 2.24) is 4.57 Å². The summed E-state index contributed by atoms with van der Waals surface area (Å²) >= 11 is 0. The number of rotatable bonds is 4. The minimum Gasteiger partial charge on any atom is -0.233 e. The second-order valence-corrected chi connectivity index (χ2v) is 8.23. The second-order valence-electron chi connectivity index (χ2n) is 8.23. The third-order valence-corrected chi connectivity index (χ3v) is 6.30. The Morgan fingerprint density at radius 2 is 1.43 bits per heavy atom. The number of hydrogen-bond acceptors (Lipinski definition) is 0. The molecule has 5 rings (SSSR count). The first-order valence-corrected chi connectivity index (χ1v) is 11.2. The van der Waals surface area contributed by atoms with E-state index in [2.05, 4.69) is 101 Å². The third-order valence-electron chi connectivity index (χ3n) is 6.30. The van der Waals surface area contributed by atoms with Crippen LogP contribution in [0.15, 0.2) is 85.1 Å². The zero-order valence-electron chi connectivity index (χ0n) is 17.7. The van der Waals surface area contributed by atoms with Crippen LogP contribution in [0.25, 0.3) is 28.1 Å². The number of benzene rings is 3. The first-order chi connectivity index (χ1) is 14.8. The Morgan fingerprint density at radius 1 is 0.733 bits per heavy atom. The Labute approximate surface area is 179 Å². The van der Waals surface area contributed by atoms with Gasteiger partial charge in [0.25, 0.3) is 5.82 Å². The average Bonchev–Trinajstić information content (AvgIpc) is 3.02. The molecule has 0 radical (unpaired) electrons. The highest BCUT2D eigenvalue weighted by atomic mass is 15.2. The van der Waals surface area contributed by atoms with E-state index in [1.54, 1.807) is 0 Å². The molecule has 0 N–H and O–H groups in total. The topological polar surface area (TPSA) is 8.81 Å². The Balaban J connectivity index is 1.60. The van der Waals surface area contributed by atoms with Crippen LogP contribution in [0.1, 0.15) is 37.6 Å². The molecule has 0 unspecified atom stereocenters. The van der Waals surface area contributed by atoms with Crippen LogP contribution in [0.3, 0.4) is 0 Å². The van der Waals surface area contributed by atoms with Gasteiger partial charge in [0.05, 0.1) is 6.54 Å². The van der Waals surface area contributed by atoms with Crippen LogP contribution in [-0.2, 0) is 19.4 Å². The van der Waals surface area contributed by atoms with Gasteiger partial charge in [0.15, 0.2) is 5.69 Å². The van der Waals surface area contributed by atoms with Crippen molar-refractivity contribution < 1.29 is 4.57 Å². The number of fused-ring (bicyclic) bond motifs is 1. The molecule has 1 aliphatic rings. The number of nitrogens with zero attached hydrogens (tertiary/aromatic N) is 2. The summed E-state index contributed by atoms with van der Waals surface area (Å²) < 4.78 is 4.98.